The number of hydrogen-bond acceptors (Lipinski definition) is 3. The summed E-state index contributed by atoms with van der Waals surface area (Å²) in [6.07, 6.45) is 0. The number of rotatable bonds is 3. The first-order chi connectivity index (χ1) is 10.1. The van der Waals surface area contributed by atoms with E-state index in [1.807, 2.05) is 6.07 Å². The van der Waals surface area contributed by atoms with Gasteiger partial charge in [0.25, 0.3) is 0 Å². The van der Waals surface area contributed by atoms with Crippen LogP contribution in [0.15, 0.2) is 36.4 Å². The lowest BCUT2D eigenvalue weighted by Crippen LogP contribution is -2.03. The molecule has 0 aliphatic rings. The zero-order chi connectivity index (χ0) is 15.0. The Morgan fingerprint density at radius 3 is 2.67 bits per heavy atom. The highest BCUT2D eigenvalue weighted by atomic mass is 35.5. The topological polar surface area (TPSA) is 66.0 Å². The van der Waals surface area contributed by atoms with Crippen molar-refractivity contribution in [1.29, 1.82) is 0 Å². The number of carbonyl (C=O) groups is 1. The van der Waals surface area contributed by atoms with Crippen LogP contribution in [0.3, 0.4) is 0 Å². The normalized spacial score (nSPS) is 11.0. The van der Waals surface area contributed by atoms with E-state index < -0.39 is 6.61 Å². The van der Waals surface area contributed by atoms with Crippen LogP contribution in [0.2, 0.25) is 10.0 Å². The van der Waals surface area contributed by atoms with Crippen LogP contribution in [-0.2, 0) is 0 Å². The number of aliphatic hydroxyl groups excluding tert-OH is 1. The van der Waals surface area contributed by atoms with Gasteiger partial charge in [-0.2, -0.15) is 0 Å². The van der Waals surface area contributed by atoms with E-state index >= 15 is 0 Å². The lowest BCUT2D eigenvalue weighted by Gasteiger charge is -1.99. The summed E-state index contributed by atoms with van der Waals surface area (Å²) in [5, 5.41) is 9.83. The fourth-order valence-electron chi connectivity index (χ4n) is 2.05. The number of imidazole rings is 1. The molecule has 1 aromatic heterocycles. The number of aromatic amines is 1. The molecule has 4 nitrogen and oxygen atoms in total. The van der Waals surface area contributed by atoms with Gasteiger partial charge in [-0.3, -0.25) is 4.79 Å². The Bertz CT molecular complexity index is 843. The number of ketones is 1. The Balaban J connectivity index is 2.08. The van der Waals surface area contributed by atoms with Gasteiger partial charge in [0.2, 0.25) is 0 Å². The Morgan fingerprint density at radius 2 is 1.95 bits per heavy atom. The number of nitrogens with one attached hydrogen (secondary N) is 1. The Kier molecular flexibility index (Phi) is 3.68. The monoisotopic (exact) mass is 320 g/mol. The van der Waals surface area contributed by atoms with Crippen molar-refractivity contribution in [2.75, 3.05) is 6.61 Å². The van der Waals surface area contributed by atoms with Gasteiger partial charge in [-0.1, -0.05) is 23.2 Å². The van der Waals surface area contributed by atoms with Crippen molar-refractivity contribution >= 4 is 40.0 Å². The average molecular weight is 321 g/mol. The highest BCUT2D eigenvalue weighted by Crippen LogP contribution is 2.28. The summed E-state index contributed by atoms with van der Waals surface area (Å²) in [7, 11) is 0. The summed E-state index contributed by atoms with van der Waals surface area (Å²) >= 11 is 11.9. The molecule has 2 N–H and O–H groups in total. The van der Waals surface area contributed by atoms with E-state index in [-0.39, 0.29) is 5.78 Å². The minimum absolute atomic E-state index is 0.331. The Morgan fingerprint density at radius 1 is 1.14 bits per heavy atom. The van der Waals surface area contributed by atoms with Crippen LogP contribution in [0.25, 0.3) is 22.4 Å². The molecule has 0 atom stereocenters. The van der Waals surface area contributed by atoms with E-state index in [4.69, 9.17) is 28.3 Å². The standard InChI is InChI=1S/C15H10Cl2N2O2/c16-10-3-1-9(5-11(10)17)15-18-12-4-2-8(14(21)7-20)6-13(12)19-15/h1-6,20H,7H2,(H,18,19). The molecule has 0 unspecified atom stereocenters. The van der Waals surface area contributed by atoms with Gasteiger partial charge in [-0.25, -0.2) is 4.98 Å². The van der Waals surface area contributed by atoms with Crippen molar-refractivity contribution in [2.45, 2.75) is 0 Å². The van der Waals surface area contributed by atoms with Crippen molar-refractivity contribution < 1.29 is 9.90 Å². The first-order valence-corrected chi connectivity index (χ1v) is 6.93. The van der Waals surface area contributed by atoms with Crippen LogP contribution in [0, 0.1) is 0 Å². The Labute approximate surface area is 130 Å². The van der Waals surface area contributed by atoms with E-state index in [1.54, 1.807) is 30.3 Å². The molecule has 0 radical (unpaired) electrons. The average Bonchev–Trinajstić information content (AvgIpc) is 2.92. The lowest BCUT2D eigenvalue weighted by molar-refractivity contribution is 0.0904. The van der Waals surface area contributed by atoms with Crippen molar-refractivity contribution in [2.24, 2.45) is 0 Å². The first-order valence-electron chi connectivity index (χ1n) is 6.18. The van der Waals surface area contributed by atoms with Crippen LogP contribution in [0.4, 0.5) is 0 Å². The number of Topliss-reactive ketones (excluding diaryl/α,β-unsaturated/α-hetero) is 1. The Hall–Kier alpha value is -1.88. The number of halogens is 2. The van der Waals surface area contributed by atoms with Gasteiger partial charge >= 0.3 is 0 Å². The predicted molar refractivity (Wildman–Crippen MR) is 83.0 cm³/mol. The number of fused-ring (bicyclic) bond motifs is 1. The predicted octanol–water partition coefficient (Wildman–Crippen LogP) is 3.71. The van der Waals surface area contributed by atoms with Crippen LogP contribution in [0.1, 0.15) is 10.4 Å². The third kappa shape index (κ3) is 2.65. The van der Waals surface area contributed by atoms with Crippen molar-refractivity contribution in [3.63, 3.8) is 0 Å². The lowest BCUT2D eigenvalue weighted by atomic mass is 10.1. The van der Waals surface area contributed by atoms with Gasteiger partial charge in [0, 0.05) is 11.1 Å². The number of hydrogen-bond donors (Lipinski definition) is 2. The van der Waals surface area contributed by atoms with Crippen LogP contribution in [0.5, 0.6) is 0 Å². The maximum absolute atomic E-state index is 11.5. The second-order valence-electron chi connectivity index (χ2n) is 4.53. The molecular weight excluding hydrogens is 311 g/mol. The van der Waals surface area contributed by atoms with E-state index in [0.717, 1.165) is 16.6 Å². The maximum Gasteiger partial charge on any atom is 0.188 e. The highest BCUT2D eigenvalue weighted by Gasteiger charge is 2.10. The van der Waals surface area contributed by atoms with Gasteiger partial charge < -0.3 is 10.1 Å². The summed E-state index contributed by atoms with van der Waals surface area (Å²) in [5.74, 6) is 0.305. The number of aromatic nitrogens is 2. The molecule has 2 aromatic carbocycles. The van der Waals surface area contributed by atoms with E-state index in [9.17, 15) is 4.79 Å². The SMILES string of the molecule is O=C(CO)c1ccc2nc(-c3ccc(Cl)c(Cl)c3)[nH]c2c1. The number of H-pyrrole nitrogens is 1. The largest absolute Gasteiger partial charge is 0.388 e. The number of benzene rings is 2. The smallest absolute Gasteiger partial charge is 0.188 e. The minimum Gasteiger partial charge on any atom is -0.388 e. The van der Waals surface area contributed by atoms with E-state index in [1.165, 1.54) is 0 Å². The van der Waals surface area contributed by atoms with E-state index in [2.05, 4.69) is 9.97 Å². The van der Waals surface area contributed by atoms with Gasteiger partial charge in [-0.05, 0) is 36.4 Å². The highest BCUT2D eigenvalue weighted by molar-refractivity contribution is 6.42. The summed E-state index contributed by atoms with van der Waals surface area (Å²) in [6.45, 7) is -0.515. The molecule has 0 aliphatic heterocycles. The zero-order valence-electron chi connectivity index (χ0n) is 10.7. The first kappa shape index (κ1) is 14.1. The molecule has 106 valence electrons. The van der Waals surface area contributed by atoms with Gasteiger partial charge in [-0.15, -0.1) is 0 Å². The van der Waals surface area contributed by atoms with Gasteiger partial charge in [0.15, 0.2) is 5.78 Å². The van der Waals surface area contributed by atoms with Gasteiger partial charge in [0.05, 0.1) is 21.1 Å². The fourth-order valence-corrected chi connectivity index (χ4v) is 2.35. The third-order valence-electron chi connectivity index (χ3n) is 3.14. The maximum atomic E-state index is 11.5. The van der Waals surface area contributed by atoms with Crippen molar-refractivity contribution in [3.05, 3.63) is 52.0 Å². The molecule has 3 aromatic rings. The van der Waals surface area contributed by atoms with Crippen LogP contribution >= 0.6 is 23.2 Å². The second kappa shape index (κ2) is 5.48. The quantitative estimate of drug-likeness (QED) is 0.723. The second-order valence-corrected chi connectivity index (χ2v) is 5.34. The molecule has 6 heteroatoms. The molecule has 0 amide bonds. The summed E-state index contributed by atoms with van der Waals surface area (Å²) in [5.41, 5.74) is 2.69. The molecule has 0 spiro atoms. The molecule has 21 heavy (non-hydrogen) atoms. The fraction of sp³-hybridized carbons (Fsp3) is 0.0667. The molecule has 0 aliphatic carbocycles. The molecule has 0 saturated heterocycles. The molecule has 1 heterocycles. The summed E-state index contributed by atoms with van der Waals surface area (Å²) in [6, 6.07) is 10.3. The minimum atomic E-state index is -0.515. The molecular formula is C15H10Cl2N2O2. The summed E-state index contributed by atoms with van der Waals surface area (Å²) < 4.78 is 0. The summed E-state index contributed by atoms with van der Waals surface area (Å²) in [4.78, 5) is 19.1. The van der Waals surface area contributed by atoms with Crippen LogP contribution < -0.4 is 0 Å². The zero-order valence-corrected chi connectivity index (χ0v) is 12.2. The third-order valence-corrected chi connectivity index (χ3v) is 3.88. The van der Waals surface area contributed by atoms with Crippen molar-refractivity contribution in [1.82, 2.24) is 9.97 Å². The number of nitrogens with zero attached hydrogens (tertiary/aromatic N) is 1. The number of aliphatic hydroxyl groups is 1. The van der Waals surface area contributed by atoms with Crippen molar-refractivity contribution in [3.8, 4) is 11.4 Å². The molecule has 0 fully saturated rings. The molecule has 3 rings (SSSR count). The van der Waals surface area contributed by atoms with Crippen LogP contribution in [-0.4, -0.2) is 27.5 Å². The number of carbonyl (C=O) groups excluding carboxylic acids is 1. The van der Waals surface area contributed by atoms with E-state index in [0.29, 0.717) is 21.4 Å². The van der Waals surface area contributed by atoms with Gasteiger partial charge in [0.1, 0.15) is 12.4 Å². The molecule has 0 bridgehead atoms. The molecule has 0 saturated carbocycles.